The third-order valence-corrected chi connectivity index (χ3v) is 5.32. The second-order valence-corrected chi connectivity index (χ2v) is 7.44. The summed E-state index contributed by atoms with van der Waals surface area (Å²) in [5.41, 5.74) is 2.50. The fraction of sp³-hybridized carbons (Fsp3) is 0.0500. The van der Waals surface area contributed by atoms with E-state index in [1.807, 2.05) is 35.0 Å². The number of carbonyl (C=O) groups excluding carboxylic acids is 1. The van der Waals surface area contributed by atoms with Crippen molar-refractivity contribution in [2.45, 2.75) is 6.54 Å². The molecular formula is C20H15N3O2S2. The predicted molar refractivity (Wildman–Crippen MR) is 107 cm³/mol. The molecule has 1 amide bonds. The zero-order valence-corrected chi connectivity index (χ0v) is 15.8. The van der Waals surface area contributed by atoms with Gasteiger partial charge in [0.05, 0.1) is 10.6 Å². The summed E-state index contributed by atoms with van der Waals surface area (Å²) in [7, 11) is 0. The van der Waals surface area contributed by atoms with Crippen molar-refractivity contribution in [1.29, 1.82) is 0 Å². The maximum atomic E-state index is 12.4. The molecule has 0 aliphatic carbocycles. The predicted octanol–water partition coefficient (Wildman–Crippen LogP) is 4.99. The summed E-state index contributed by atoms with van der Waals surface area (Å²) in [4.78, 5) is 22.0. The average Bonchev–Trinajstić information content (AvgIpc) is 3.41. The van der Waals surface area contributed by atoms with Crippen molar-refractivity contribution in [1.82, 2.24) is 15.3 Å². The normalized spacial score (nSPS) is 10.5. The number of ether oxygens (including phenoxy) is 1. The summed E-state index contributed by atoms with van der Waals surface area (Å²) in [5.74, 6) is 0.515. The molecule has 1 N–H and O–H groups in total. The Morgan fingerprint density at radius 3 is 2.63 bits per heavy atom. The first kappa shape index (κ1) is 17.4. The quantitative estimate of drug-likeness (QED) is 0.501. The summed E-state index contributed by atoms with van der Waals surface area (Å²) >= 11 is 3.06. The van der Waals surface area contributed by atoms with Crippen LogP contribution in [0.2, 0.25) is 0 Å². The molecule has 0 spiro atoms. The molecule has 0 unspecified atom stereocenters. The lowest BCUT2D eigenvalue weighted by atomic mass is 10.2. The molecule has 0 bridgehead atoms. The third-order valence-electron chi connectivity index (χ3n) is 3.78. The largest absolute Gasteiger partial charge is 0.431 e. The summed E-state index contributed by atoms with van der Waals surface area (Å²) in [5, 5.41) is 7.38. The van der Waals surface area contributed by atoms with Crippen LogP contribution in [0.5, 0.6) is 10.9 Å². The fourth-order valence-electron chi connectivity index (χ4n) is 2.46. The van der Waals surface area contributed by atoms with Crippen LogP contribution in [-0.2, 0) is 6.54 Å². The van der Waals surface area contributed by atoms with Crippen LogP contribution >= 0.6 is 22.7 Å². The maximum Gasteiger partial charge on any atom is 0.278 e. The Balaban J connectivity index is 1.37. The van der Waals surface area contributed by atoms with E-state index in [0.29, 0.717) is 23.1 Å². The molecule has 1 aromatic carbocycles. The topological polar surface area (TPSA) is 64.1 Å². The molecule has 7 heteroatoms. The van der Waals surface area contributed by atoms with Crippen molar-refractivity contribution in [3.8, 4) is 21.5 Å². The molecule has 27 heavy (non-hydrogen) atoms. The zero-order valence-electron chi connectivity index (χ0n) is 14.2. The van der Waals surface area contributed by atoms with Crippen LogP contribution < -0.4 is 10.1 Å². The minimum Gasteiger partial charge on any atom is -0.431 e. The highest BCUT2D eigenvalue weighted by molar-refractivity contribution is 7.13. The van der Waals surface area contributed by atoms with E-state index in [4.69, 9.17) is 4.74 Å². The van der Waals surface area contributed by atoms with Crippen molar-refractivity contribution >= 4 is 28.6 Å². The van der Waals surface area contributed by atoms with Gasteiger partial charge >= 0.3 is 0 Å². The minimum atomic E-state index is -0.134. The van der Waals surface area contributed by atoms with E-state index in [2.05, 4.69) is 15.3 Å². The number of amides is 1. The lowest BCUT2D eigenvalue weighted by Crippen LogP contribution is -2.22. The second-order valence-electron chi connectivity index (χ2n) is 5.63. The molecule has 3 heterocycles. The molecule has 0 aliphatic heterocycles. The number of nitrogens with one attached hydrogen (secondary N) is 1. The van der Waals surface area contributed by atoms with Crippen LogP contribution in [-0.4, -0.2) is 15.9 Å². The molecule has 4 aromatic rings. The van der Waals surface area contributed by atoms with Gasteiger partial charge in [-0.1, -0.05) is 17.4 Å². The molecular weight excluding hydrogens is 378 g/mol. The van der Waals surface area contributed by atoms with Crippen molar-refractivity contribution < 1.29 is 9.53 Å². The Hall–Kier alpha value is -3.03. The molecule has 5 nitrogen and oxygen atoms in total. The van der Waals surface area contributed by atoms with Crippen LogP contribution in [0.3, 0.4) is 0 Å². The Kier molecular flexibility index (Phi) is 5.22. The summed E-state index contributed by atoms with van der Waals surface area (Å²) in [6, 6.07) is 14.9. The van der Waals surface area contributed by atoms with E-state index in [1.54, 1.807) is 48.0 Å². The molecule has 0 atom stereocenters. The summed E-state index contributed by atoms with van der Waals surface area (Å²) in [6.07, 6.45) is 3.45. The third kappa shape index (κ3) is 4.39. The Bertz CT molecular complexity index is 1010. The van der Waals surface area contributed by atoms with Gasteiger partial charge in [0, 0.05) is 29.9 Å². The van der Waals surface area contributed by atoms with Crippen molar-refractivity contribution in [3.05, 3.63) is 82.8 Å². The number of hydrogen-bond acceptors (Lipinski definition) is 6. The molecule has 0 radical (unpaired) electrons. The molecule has 0 saturated heterocycles. The Labute approximate surface area is 164 Å². The number of nitrogens with zero attached hydrogens (tertiary/aromatic N) is 2. The first-order chi connectivity index (χ1) is 13.3. The van der Waals surface area contributed by atoms with Crippen LogP contribution in [0.15, 0.2) is 71.7 Å². The van der Waals surface area contributed by atoms with E-state index >= 15 is 0 Å². The van der Waals surface area contributed by atoms with E-state index in [0.717, 1.165) is 16.1 Å². The highest BCUT2D eigenvalue weighted by Gasteiger charge is 2.08. The maximum absolute atomic E-state index is 12.4. The van der Waals surface area contributed by atoms with Crippen molar-refractivity contribution in [3.63, 3.8) is 0 Å². The number of carbonyl (C=O) groups is 1. The summed E-state index contributed by atoms with van der Waals surface area (Å²) < 4.78 is 5.60. The van der Waals surface area contributed by atoms with Gasteiger partial charge in [0.15, 0.2) is 0 Å². The number of rotatable bonds is 6. The Morgan fingerprint density at radius 2 is 1.89 bits per heavy atom. The Morgan fingerprint density at radius 1 is 1.00 bits per heavy atom. The second kappa shape index (κ2) is 8.11. The van der Waals surface area contributed by atoms with Crippen LogP contribution in [0, 0.1) is 0 Å². The van der Waals surface area contributed by atoms with Crippen molar-refractivity contribution in [2.75, 3.05) is 0 Å². The smallest absolute Gasteiger partial charge is 0.278 e. The van der Waals surface area contributed by atoms with E-state index < -0.39 is 0 Å². The molecule has 0 aliphatic rings. The molecule has 4 rings (SSSR count). The molecule has 0 fully saturated rings. The number of thiophene rings is 1. The number of hydrogen-bond donors (Lipinski definition) is 1. The lowest BCUT2D eigenvalue weighted by Gasteiger charge is -2.07. The van der Waals surface area contributed by atoms with E-state index in [1.165, 1.54) is 11.3 Å². The average molecular weight is 393 g/mol. The van der Waals surface area contributed by atoms with Gasteiger partial charge in [-0.15, -0.1) is 11.3 Å². The SMILES string of the molecule is O=C(NCc1ccnc(-c2cccs2)c1)c1ccc(Oc2nccs2)cc1. The van der Waals surface area contributed by atoms with Crippen molar-refractivity contribution in [2.24, 2.45) is 0 Å². The van der Waals surface area contributed by atoms with Crippen LogP contribution in [0.4, 0.5) is 0 Å². The van der Waals surface area contributed by atoms with Gasteiger partial charge in [-0.25, -0.2) is 4.98 Å². The van der Waals surface area contributed by atoms with Gasteiger partial charge in [-0.2, -0.15) is 0 Å². The van der Waals surface area contributed by atoms with Crippen LogP contribution in [0.25, 0.3) is 10.6 Å². The zero-order chi connectivity index (χ0) is 18.5. The number of pyridine rings is 1. The van der Waals surface area contributed by atoms with Gasteiger partial charge in [-0.3, -0.25) is 9.78 Å². The first-order valence-electron chi connectivity index (χ1n) is 8.22. The van der Waals surface area contributed by atoms with Gasteiger partial charge in [0.1, 0.15) is 5.75 Å². The molecule has 3 aromatic heterocycles. The number of thiazole rings is 1. The monoisotopic (exact) mass is 393 g/mol. The standard InChI is InChI=1S/C20H15N3O2S2/c24-19(15-3-5-16(6-4-15)25-20-22-9-11-27-20)23-13-14-7-8-21-17(12-14)18-2-1-10-26-18/h1-12H,13H2,(H,23,24). The van der Waals surface area contributed by atoms with E-state index in [9.17, 15) is 4.79 Å². The lowest BCUT2D eigenvalue weighted by molar-refractivity contribution is 0.0951. The fourth-order valence-corrected chi connectivity index (χ4v) is 3.66. The van der Waals surface area contributed by atoms with Gasteiger partial charge < -0.3 is 10.1 Å². The minimum absolute atomic E-state index is 0.134. The highest BCUT2D eigenvalue weighted by Crippen LogP contribution is 2.24. The highest BCUT2D eigenvalue weighted by atomic mass is 32.1. The number of aromatic nitrogens is 2. The van der Waals surface area contributed by atoms with Gasteiger partial charge in [0.2, 0.25) is 0 Å². The first-order valence-corrected chi connectivity index (χ1v) is 9.98. The van der Waals surface area contributed by atoms with Gasteiger partial charge in [-0.05, 0) is 53.4 Å². The number of benzene rings is 1. The molecule has 134 valence electrons. The molecule has 0 saturated carbocycles. The van der Waals surface area contributed by atoms with Crippen LogP contribution in [0.1, 0.15) is 15.9 Å². The summed E-state index contributed by atoms with van der Waals surface area (Å²) in [6.45, 7) is 0.442. The van der Waals surface area contributed by atoms with Gasteiger partial charge in [0.25, 0.3) is 11.1 Å². The van der Waals surface area contributed by atoms with E-state index in [-0.39, 0.29) is 5.91 Å².